The molecule has 1 saturated heterocycles. The van der Waals surface area contributed by atoms with Crippen LogP contribution < -0.4 is 5.32 Å². The third-order valence-electron chi connectivity index (χ3n) is 3.59. The summed E-state index contributed by atoms with van der Waals surface area (Å²) in [6, 6.07) is 6.42. The molecule has 0 atom stereocenters. The van der Waals surface area contributed by atoms with Crippen molar-refractivity contribution in [3.63, 3.8) is 0 Å². The number of nitrogens with one attached hydrogen (secondary N) is 1. The van der Waals surface area contributed by atoms with Crippen LogP contribution in [-0.4, -0.2) is 50.3 Å². The first-order chi connectivity index (χ1) is 12.5. The highest BCUT2D eigenvalue weighted by atomic mass is 35.5. The summed E-state index contributed by atoms with van der Waals surface area (Å²) in [5.41, 5.74) is 0.505. The van der Waals surface area contributed by atoms with Crippen molar-refractivity contribution < 1.29 is 23.1 Å². The summed E-state index contributed by atoms with van der Waals surface area (Å²) in [7, 11) is -3.66. The molecule has 0 radical (unpaired) electrons. The van der Waals surface area contributed by atoms with Gasteiger partial charge in [0.2, 0.25) is 0 Å². The van der Waals surface area contributed by atoms with Crippen LogP contribution in [0.15, 0.2) is 35.9 Å². The second-order valence-corrected chi connectivity index (χ2v) is 7.89. The molecule has 1 amide bonds. The number of ether oxygens (including phenoxy) is 1. The SMILES string of the molecule is CCOP(=O)(OCC)/C(=C\N1CCOCC1)NC(=O)c1ccc(Cl)cc1. The Morgan fingerprint density at radius 3 is 2.35 bits per heavy atom. The first kappa shape index (κ1) is 20.9. The Kier molecular flexibility index (Phi) is 8.13. The highest BCUT2D eigenvalue weighted by Gasteiger charge is 2.32. The summed E-state index contributed by atoms with van der Waals surface area (Å²) in [5.74, 6) is -0.416. The van der Waals surface area contributed by atoms with Crippen molar-refractivity contribution in [3.8, 4) is 0 Å². The van der Waals surface area contributed by atoms with Crippen LogP contribution >= 0.6 is 19.2 Å². The van der Waals surface area contributed by atoms with Crippen LogP contribution in [0, 0.1) is 0 Å². The van der Waals surface area contributed by atoms with Gasteiger partial charge in [-0.3, -0.25) is 9.36 Å². The molecule has 9 heteroatoms. The number of carbonyl (C=O) groups excluding carboxylic acids is 1. The Morgan fingerprint density at radius 2 is 1.81 bits per heavy atom. The first-order valence-electron chi connectivity index (χ1n) is 8.48. The molecule has 0 unspecified atom stereocenters. The Hall–Kier alpha value is -1.37. The standard InChI is InChI=1S/C17H24ClN2O5P/c1-3-24-26(22,25-4-2)16(13-20-9-11-23-12-10-20)19-17(21)14-5-7-15(18)8-6-14/h5-8,13H,3-4,9-12H2,1-2H3,(H,19,21)/b16-13-. The van der Waals surface area contributed by atoms with Gasteiger partial charge in [0.15, 0.2) is 0 Å². The highest BCUT2D eigenvalue weighted by Crippen LogP contribution is 2.54. The minimum Gasteiger partial charge on any atom is -0.378 e. The van der Waals surface area contributed by atoms with Gasteiger partial charge >= 0.3 is 7.60 Å². The van der Waals surface area contributed by atoms with Gasteiger partial charge in [-0.15, -0.1) is 0 Å². The number of rotatable bonds is 8. The van der Waals surface area contributed by atoms with E-state index < -0.39 is 13.5 Å². The van der Waals surface area contributed by atoms with E-state index in [1.807, 2.05) is 4.90 Å². The van der Waals surface area contributed by atoms with E-state index in [4.69, 9.17) is 25.4 Å². The van der Waals surface area contributed by atoms with E-state index in [-0.39, 0.29) is 18.7 Å². The largest absolute Gasteiger partial charge is 0.378 e. The van der Waals surface area contributed by atoms with Crippen molar-refractivity contribution in [2.24, 2.45) is 0 Å². The van der Waals surface area contributed by atoms with E-state index in [0.29, 0.717) is 36.9 Å². The Labute approximate surface area is 158 Å². The van der Waals surface area contributed by atoms with E-state index in [9.17, 15) is 9.36 Å². The maximum atomic E-state index is 13.2. The predicted octanol–water partition coefficient (Wildman–Crippen LogP) is 3.47. The minimum atomic E-state index is -3.66. The summed E-state index contributed by atoms with van der Waals surface area (Å²) in [5, 5.41) is 3.22. The highest BCUT2D eigenvalue weighted by molar-refractivity contribution is 7.58. The van der Waals surface area contributed by atoms with Gasteiger partial charge < -0.3 is 24.0 Å². The molecular formula is C17H24ClN2O5P. The van der Waals surface area contributed by atoms with Crippen molar-refractivity contribution in [3.05, 3.63) is 46.5 Å². The summed E-state index contributed by atoms with van der Waals surface area (Å²) in [6.45, 7) is 6.18. The maximum Gasteiger partial charge on any atom is 0.378 e. The molecule has 26 heavy (non-hydrogen) atoms. The van der Waals surface area contributed by atoms with E-state index in [0.717, 1.165) is 0 Å². The molecule has 144 valence electrons. The van der Waals surface area contributed by atoms with Crippen molar-refractivity contribution in [1.82, 2.24) is 10.2 Å². The lowest BCUT2D eigenvalue weighted by Gasteiger charge is -2.28. The molecule has 0 aliphatic carbocycles. The third-order valence-corrected chi connectivity index (χ3v) is 5.86. The molecule has 1 fully saturated rings. The van der Waals surface area contributed by atoms with E-state index in [1.54, 1.807) is 44.3 Å². The second kappa shape index (κ2) is 10.1. The lowest BCUT2D eigenvalue weighted by Crippen LogP contribution is -2.34. The van der Waals surface area contributed by atoms with Gasteiger partial charge in [0, 0.05) is 29.9 Å². The van der Waals surface area contributed by atoms with Gasteiger partial charge in [-0.2, -0.15) is 0 Å². The minimum absolute atomic E-state index is 0.114. The number of carbonyl (C=O) groups is 1. The molecule has 0 saturated carbocycles. The van der Waals surface area contributed by atoms with Crippen molar-refractivity contribution in [2.45, 2.75) is 13.8 Å². The van der Waals surface area contributed by atoms with Crippen LogP contribution in [0.3, 0.4) is 0 Å². The average molecular weight is 403 g/mol. The lowest BCUT2D eigenvalue weighted by molar-refractivity contribution is 0.0588. The molecule has 1 aromatic carbocycles. The topological polar surface area (TPSA) is 77.1 Å². The van der Waals surface area contributed by atoms with E-state index >= 15 is 0 Å². The molecule has 1 aliphatic heterocycles. The van der Waals surface area contributed by atoms with Crippen LogP contribution in [0.4, 0.5) is 0 Å². The van der Waals surface area contributed by atoms with Gasteiger partial charge in [0.1, 0.15) is 5.44 Å². The molecule has 1 aliphatic rings. The zero-order valence-corrected chi connectivity index (χ0v) is 16.6. The fourth-order valence-electron chi connectivity index (χ4n) is 2.36. The van der Waals surface area contributed by atoms with Crippen LogP contribution in [0.5, 0.6) is 0 Å². The molecule has 7 nitrogen and oxygen atoms in total. The zero-order valence-electron chi connectivity index (χ0n) is 14.9. The quantitative estimate of drug-likeness (QED) is 0.671. The maximum absolute atomic E-state index is 13.2. The molecule has 0 bridgehead atoms. The van der Waals surface area contributed by atoms with Crippen LogP contribution in [0.2, 0.25) is 5.02 Å². The van der Waals surface area contributed by atoms with E-state index in [1.165, 1.54) is 0 Å². The molecule has 1 aromatic rings. The predicted molar refractivity (Wildman–Crippen MR) is 100 cm³/mol. The molecule has 0 aromatic heterocycles. The average Bonchev–Trinajstić information content (AvgIpc) is 2.63. The Bertz CT molecular complexity index is 664. The summed E-state index contributed by atoms with van der Waals surface area (Å²) in [6.07, 6.45) is 1.63. The van der Waals surface area contributed by atoms with Gasteiger partial charge in [-0.05, 0) is 38.1 Å². The summed E-state index contributed by atoms with van der Waals surface area (Å²) < 4.78 is 29.3. The number of amides is 1. The number of hydrogen-bond donors (Lipinski definition) is 1. The van der Waals surface area contributed by atoms with Gasteiger partial charge in [0.25, 0.3) is 5.91 Å². The molecular weight excluding hydrogens is 379 g/mol. The molecule has 1 heterocycles. The lowest BCUT2D eigenvalue weighted by atomic mass is 10.2. The molecule has 0 spiro atoms. The first-order valence-corrected chi connectivity index (χ1v) is 10.4. The van der Waals surface area contributed by atoms with Crippen LogP contribution in [-0.2, 0) is 18.3 Å². The van der Waals surface area contributed by atoms with E-state index in [2.05, 4.69) is 5.32 Å². The summed E-state index contributed by atoms with van der Waals surface area (Å²) in [4.78, 5) is 14.5. The molecule has 1 N–H and O–H groups in total. The zero-order chi connectivity index (χ0) is 19.0. The number of hydrogen-bond acceptors (Lipinski definition) is 6. The van der Waals surface area contributed by atoms with Crippen molar-refractivity contribution in [2.75, 3.05) is 39.5 Å². The fourth-order valence-corrected chi connectivity index (χ4v) is 4.06. The number of benzene rings is 1. The smallest absolute Gasteiger partial charge is 0.378 e. The summed E-state index contributed by atoms with van der Waals surface area (Å²) >= 11 is 5.86. The second-order valence-electron chi connectivity index (χ2n) is 5.46. The van der Waals surface area contributed by atoms with Crippen molar-refractivity contribution in [1.29, 1.82) is 0 Å². The monoisotopic (exact) mass is 402 g/mol. The van der Waals surface area contributed by atoms with Gasteiger partial charge in [0.05, 0.1) is 26.4 Å². The number of morpholine rings is 1. The van der Waals surface area contributed by atoms with Crippen molar-refractivity contribution >= 4 is 25.1 Å². The number of halogens is 1. The Morgan fingerprint density at radius 1 is 1.23 bits per heavy atom. The van der Waals surface area contributed by atoms with Crippen LogP contribution in [0.1, 0.15) is 24.2 Å². The third kappa shape index (κ3) is 5.83. The normalized spacial score (nSPS) is 15.8. The number of nitrogens with zero attached hydrogens (tertiary/aromatic N) is 1. The van der Waals surface area contributed by atoms with Gasteiger partial charge in [-0.25, -0.2) is 0 Å². The Balaban J connectivity index is 2.29. The van der Waals surface area contributed by atoms with Crippen LogP contribution in [0.25, 0.3) is 0 Å². The molecule has 2 rings (SSSR count). The van der Waals surface area contributed by atoms with Gasteiger partial charge in [-0.1, -0.05) is 11.6 Å². The fraction of sp³-hybridized carbons (Fsp3) is 0.471.